The summed E-state index contributed by atoms with van der Waals surface area (Å²) < 4.78 is 0. The first-order valence-electron chi connectivity index (χ1n) is 3.30. The molecule has 6 nitrogen and oxygen atoms in total. The Morgan fingerprint density at radius 1 is 1.33 bits per heavy atom. The van der Waals surface area contributed by atoms with E-state index in [4.69, 9.17) is 5.73 Å². The Morgan fingerprint density at radius 3 is 3.00 bits per heavy atom. The quantitative estimate of drug-likeness (QED) is 0.483. The molecular formula is C6H5N5O. The molecule has 12 heavy (non-hydrogen) atoms. The highest BCUT2D eigenvalue weighted by atomic mass is 16.1. The van der Waals surface area contributed by atoms with Crippen molar-refractivity contribution in [3.63, 3.8) is 0 Å². The summed E-state index contributed by atoms with van der Waals surface area (Å²) in [5.74, 6) is -0.152. The number of carbonyl (C=O) groups is 1. The smallest absolute Gasteiger partial charge is 0.281 e. The molecule has 0 saturated heterocycles. The maximum Gasteiger partial charge on any atom is 0.281 e. The van der Waals surface area contributed by atoms with E-state index in [9.17, 15) is 4.79 Å². The molecule has 2 heterocycles. The predicted octanol–water partition coefficient (Wildman–Crippen LogP) is -1.24. The molecule has 60 valence electrons. The number of hydrogen-bond acceptors (Lipinski definition) is 5. The van der Waals surface area contributed by atoms with Crippen LogP contribution >= 0.6 is 0 Å². The fourth-order valence-electron chi connectivity index (χ4n) is 0.952. The van der Waals surface area contributed by atoms with Crippen molar-refractivity contribution >= 4 is 30.1 Å². The van der Waals surface area contributed by atoms with E-state index in [-0.39, 0.29) is 5.96 Å². The average molecular weight is 163 g/mol. The summed E-state index contributed by atoms with van der Waals surface area (Å²) in [5.41, 5.74) is 5.25. The first kappa shape index (κ1) is 6.84. The monoisotopic (exact) mass is 163 g/mol. The molecule has 1 amide bonds. The lowest BCUT2D eigenvalue weighted by atomic mass is 10.2. The van der Waals surface area contributed by atoms with Crippen molar-refractivity contribution in [2.45, 2.75) is 6.04 Å². The molecule has 0 bridgehead atoms. The largest absolute Gasteiger partial charge is 0.368 e. The van der Waals surface area contributed by atoms with Gasteiger partial charge in [0.15, 0.2) is 11.9 Å². The molecular weight excluding hydrogens is 158 g/mol. The number of nitrogens with two attached hydrogens (primary N) is 1. The third-order valence-corrected chi connectivity index (χ3v) is 1.44. The number of nitrogens with zero attached hydrogens (tertiary/aromatic N) is 4. The fourth-order valence-corrected chi connectivity index (χ4v) is 0.952. The normalized spacial score (nSPS) is 26.3. The lowest BCUT2D eigenvalue weighted by Gasteiger charge is -2.13. The van der Waals surface area contributed by atoms with E-state index in [1.54, 1.807) is 0 Å². The Bertz CT molecular complexity index is 351. The molecule has 2 aliphatic heterocycles. The molecule has 1 atom stereocenters. The van der Waals surface area contributed by atoms with Crippen molar-refractivity contribution in [3.05, 3.63) is 0 Å². The SMILES string of the molecule is NC1=NC(=O)C2N=CC=NC2=N1. The van der Waals surface area contributed by atoms with E-state index in [2.05, 4.69) is 20.0 Å². The van der Waals surface area contributed by atoms with Gasteiger partial charge in [-0.1, -0.05) is 0 Å². The molecule has 1 unspecified atom stereocenters. The zero-order valence-electron chi connectivity index (χ0n) is 6.01. The summed E-state index contributed by atoms with van der Waals surface area (Å²) in [6, 6.07) is -0.678. The molecule has 6 heteroatoms. The highest BCUT2D eigenvalue weighted by molar-refractivity contribution is 6.28. The third-order valence-electron chi connectivity index (χ3n) is 1.44. The van der Waals surface area contributed by atoms with Crippen LogP contribution in [0.5, 0.6) is 0 Å². The minimum absolute atomic E-state index is 0.0551. The number of rotatable bonds is 0. The minimum atomic E-state index is -0.678. The van der Waals surface area contributed by atoms with Crippen LogP contribution in [0.15, 0.2) is 20.0 Å². The number of fused-ring (bicyclic) bond motifs is 1. The van der Waals surface area contributed by atoms with Crippen LogP contribution in [0.3, 0.4) is 0 Å². The molecule has 0 fully saturated rings. The van der Waals surface area contributed by atoms with Gasteiger partial charge in [-0.2, -0.15) is 9.98 Å². The van der Waals surface area contributed by atoms with Crippen molar-refractivity contribution < 1.29 is 4.79 Å². The molecule has 0 spiro atoms. The highest BCUT2D eigenvalue weighted by Crippen LogP contribution is 2.07. The van der Waals surface area contributed by atoms with E-state index >= 15 is 0 Å². The highest BCUT2D eigenvalue weighted by Gasteiger charge is 2.27. The summed E-state index contributed by atoms with van der Waals surface area (Å²) in [7, 11) is 0. The molecule has 0 aromatic rings. The van der Waals surface area contributed by atoms with Gasteiger partial charge >= 0.3 is 0 Å². The van der Waals surface area contributed by atoms with E-state index in [1.807, 2.05) is 0 Å². The topological polar surface area (TPSA) is 92.5 Å². The van der Waals surface area contributed by atoms with Gasteiger partial charge in [-0.05, 0) is 0 Å². The van der Waals surface area contributed by atoms with Crippen LogP contribution in [-0.4, -0.2) is 36.2 Å². The summed E-state index contributed by atoms with van der Waals surface area (Å²) in [4.78, 5) is 26.0. The molecule has 2 aliphatic rings. The zero-order valence-corrected chi connectivity index (χ0v) is 6.01. The molecule has 0 radical (unpaired) electrons. The first-order valence-corrected chi connectivity index (χ1v) is 3.30. The van der Waals surface area contributed by atoms with Crippen LogP contribution in [0, 0.1) is 0 Å². The number of hydrogen-bond donors (Lipinski definition) is 1. The molecule has 0 saturated carbocycles. The minimum Gasteiger partial charge on any atom is -0.368 e. The van der Waals surface area contributed by atoms with Crippen molar-refractivity contribution in [3.8, 4) is 0 Å². The number of amides is 1. The van der Waals surface area contributed by atoms with E-state index in [0.717, 1.165) is 0 Å². The number of amidine groups is 1. The average Bonchev–Trinajstić information content (AvgIpc) is 2.04. The van der Waals surface area contributed by atoms with Crippen LogP contribution in [0.25, 0.3) is 0 Å². The second-order valence-electron chi connectivity index (χ2n) is 2.26. The van der Waals surface area contributed by atoms with Gasteiger partial charge in [-0.3, -0.25) is 9.79 Å². The Kier molecular flexibility index (Phi) is 1.33. The van der Waals surface area contributed by atoms with Gasteiger partial charge in [0.2, 0.25) is 5.96 Å². The van der Waals surface area contributed by atoms with Gasteiger partial charge in [-0.15, -0.1) is 0 Å². The number of guanidine groups is 1. The molecule has 2 rings (SSSR count). The Morgan fingerprint density at radius 2 is 2.17 bits per heavy atom. The maximum absolute atomic E-state index is 11.1. The summed E-state index contributed by atoms with van der Waals surface area (Å²) in [6.45, 7) is 0. The maximum atomic E-state index is 11.1. The summed E-state index contributed by atoms with van der Waals surface area (Å²) in [6.07, 6.45) is 2.90. The second kappa shape index (κ2) is 2.33. The standard InChI is InChI=1S/C6H5N5O/c7-6-10-4-3(5(12)11-6)8-1-2-9-4/h1-3H,(H2,7,11,12). The van der Waals surface area contributed by atoms with Crippen molar-refractivity contribution in [2.24, 2.45) is 25.7 Å². The Labute approximate surface area is 67.6 Å². The number of carbonyl (C=O) groups excluding carboxylic acids is 1. The van der Waals surface area contributed by atoms with E-state index in [0.29, 0.717) is 5.84 Å². The van der Waals surface area contributed by atoms with Crippen molar-refractivity contribution in [1.82, 2.24) is 0 Å². The summed E-state index contributed by atoms with van der Waals surface area (Å²) >= 11 is 0. The third kappa shape index (κ3) is 0.931. The first-order chi connectivity index (χ1) is 5.77. The Hall–Kier alpha value is -1.85. The van der Waals surface area contributed by atoms with Crippen LogP contribution in [0.1, 0.15) is 0 Å². The molecule has 2 N–H and O–H groups in total. The van der Waals surface area contributed by atoms with Gasteiger partial charge in [0.25, 0.3) is 5.91 Å². The zero-order chi connectivity index (χ0) is 8.55. The van der Waals surface area contributed by atoms with Gasteiger partial charge < -0.3 is 5.73 Å². The van der Waals surface area contributed by atoms with Gasteiger partial charge in [0.05, 0.1) is 0 Å². The lowest BCUT2D eigenvalue weighted by Crippen LogP contribution is -2.35. The Balaban J connectivity index is 2.45. The number of aliphatic imine (C=N–C) groups is 4. The van der Waals surface area contributed by atoms with E-state index in [1.165, 1.54) is 12.4 Å². The van der Waals surface area contributed by atoms with E-state index < -0.39 is 11.9 Å². The fraction of sp³-hybridized carbons (Fsp3) is 0.167. The van der Waals surface area contributed by atoms with Gasteiger partial charge in [-0.25, -0.2) is 4.99 Å². The predicted molar refractivity (Wildman–Crippen MR) is 44.8 cm³/mol. The molecule has 0 aromatic heterocycles. The van der Waals surface area contributed by atoms with Gasteiger partial charge in [0, 0.05) is 12.4 Å². The van der Waals surface area contributed by atoms with Crippen molar-refractivity contribution in [2.75, 3.05) is 0 Å². The molecule has 0 aromatic carbocycles. The van der Waals surface area contributed by atoms with Crippen LogP contribution in [0.4, 0.5) is 0 Å². The lowest BCUT2D eigenvalue weighted by molar-refractivity contribution is -0.117. The molecule has 0 aliphatic carbocycles. The van der Waals surface area contributed by atoms with Gasteiger partial charge in [0.1, 0.15) is 0 Å². The van der Waals surface area contributed by atoms with Crippen LogP contribution in [-0.2, 0) is 4.79 Å². The summed E-state index contributed by atoms with van der Waals surface area (Å²) in [5, 5.41) is 0. The van der Waals surface area contributed by atoms with Crippen LogP contribution in [0.2, 0.25) is 0 Å². The van der Waals surface area contributed by atoms with Crippen LogP contribution < -0.4 is 5.73 Å². The second-order valence-corrected chi connectivity index (χ2v) is 2.26. The van der Waals surface area contributed by atoms with Crippen molar-refractivity contribution in [1.29, 1.82) is 0 Å².